The van der Waals surface area contributed by atoms with Crippen LogP contribution in [0.25, 0.3) is 0 Å². The fourth-order valence-corrected chi connectivity index (χ4v) is 2.22. The van der Waals surface area contributed by atoms with Crippen molar-refractivity contribution in [1.82, 2.24) is 14.8 Å². The molecule has 2 aromatic heterocycles. The average molecular weight is 346 g/mol. The van der Waals surface area contributed by atoms with Crippen molar-refractivity contribution < 1.29 is 18.0 Å². The Morgan fingerprint density at radius 2 is 1.84 bits per heavy atom. The average Bonchev–Trinajstić information content (AvgIpc) is 3.04. The summed E-state index contributed by atoms with van der Waals surface area (Å²) in [5, 5.41) is 6.58. The lowest BCUT2D eigenvalue weighted by Crippen LogP contribution is -2.19. The van der Waals surface area contributed by atoms with E-state index >= 15 is 0 Å². The summed E-state index contributed by atoms with van der Waals surface area (Å²) in [5.41, 5.74) is 0.373. The molecular formula is C17H13F3N4O. The molecule has 0 saturated carbocycles. The van der Waals surface area contributed by atoms with E-state index in [1.807, 2.05) is 30.3 Å². The maximum Gasteiger partial charge on any atom is 0.417 e. The van der Waals surface area contributed by atoms with Gasteiger partial charge in [0.1, 0.15) is 11.5 Å². The van der Waals surface area contributed by atoms with E-state index in [1.165, 1.54) is 16.9 Å². The van der Waals surface area contributed by atoms with E-state index in [2.05, 4.69) is 15.4 Å². The molecule has 0 spiro atoms. The maximum atomic E-state index is 12.5. The van der Waals surface area contributed by atoms with Gasteiger partial charge in [0, 0.05) is 12.4 Å². The van der Waals surface area contributed by atoms with Crippen molar-refractivity contribution in [2.75, 3.05) is 5.32 Å². The molecule has 3 aromatic rings. The largest absolute Gasteiger partial charge is 0.417 e. The van der Waals surface area contributed by atoms with Crippen molar-refractivity contribution >= 4 is 11.7 Å². The Balaban J connectivity index is 1.73. The number of aromatic nitrogens is 3. The number of amides is 1. The van der Waals surface area contributed by atoms with Gasteiger partial charge in [-0.05, 0) is 23.8 Å². The third-order valence-electron chi connectivity index (χ3n) is 3.46. The molecule has 0 aliphatic carbocycles. The normalized spacial score (nSPS) is 11.3. The Morgan fingerprint density at radius 3 is 2.48 bits per heavy atom. The van der Waals surface area contributed by atoms with E-state index in [1.54, 1.807) is 0 Å². The van der Waals surface area contributed by atoms with Crippen LogP contribution in [0, 0.1) is 0 Å². The number of nitrogens with one attached hydrogen (secondary N) is 1. The highest BCUT2D eigenvalue weighted by molar-refractivity contribution is 6.02. The van der Waals surface area contributed by atoms with Crippen LogP contribution in [0.3, 0.4) is 0 Å². The number of carbonyl (C=O) groups excluding carboxylic acids is 1. The second-order valence-corrected chi connectivity index (χ2v) is 5.24. The molecule has 0 bridgehead atoms. The third kappa shape index (κ3) is 4.03. The molecule has 8 heteroatoms. The van der Waals surface area contributed by atoms with Gasteiger partial charge in [-0.2, -0.15) is 18.3 Å². The fraction of sp³-hybridized carbons (Fsp3) is 0.118. The van der Waals surface area contributed by atoms with Gasteiger partial charge in [-0.15, -0.1) is 0 Å². The van der Waals surface area contributed by atoms with Gasteiger partial charge < -0.3 is 5.32 Å². The Morgan fingerprint density at radius 1 is 1.08 bits per heavy atom. The number of pyridine rings is 1. The monoisotopic (exact) mass is 346 g/mol. The second kappa shape index (κ2) is 6.76. The summed E-state index contributed by atoms with van der Waals surface area (Å²) in [6.45, 7) is 0.400. The molecule has 0 unspecified atom stereocenters. The molecule has 3 rings (SSSR count). The van der Waals surface area contributed by atoms with E-state index in [9.17, 15) is 18.0 Å². The summed E-state index contributed by atoms with van der Waals surface area (Å²) in [7, 11) is 0. The van der Waals surface area contributed by atoms with Gasteiger partial charge >= 0.3 is 6.18 Å². The molecule has 1 aromatic carbocycles. The lowest BCUT2D eigenvalue weighted by molar-refractivity contribution is -0.137. The van der Waals surface area contributed by atoms with Crippen molar-refractivity contribution in [3.05, 3.63) is 77.7 Å². The Labute approximate surface area is 141 Å². The highest BCUT2D eigenvalue weighted by Crippen LogP contribution is 2.28. The number of anilines is 1. The number of hydrogen-bond donors (Lipinski definition) is 1. The van der Waals surface area contributed by atoms with Crippen LogP contribution in [0.5, 0.6) is 0 Å². The number of alkyl halides is 3. The molecule has 25 heavy (non-hydrogen) atoms. The van der Waals surface area contributed by atoms with Crippen molar-refractivity contribution in [2.45, 2.75) is 12.7 Å². The number of rotatable bonds is 4. The first kappa shape index (κ1) is 16.7. The van der Waals surface area contributed by atoms with Crippen LogP contribution in [0.1, 0.15) is 21.6 Å². The van der Waals surface area contributed by atoms with Gasteiger partial charge in [0.05, 0.1) is 12.1 Å². The first-order chi connectivity index (χ1) is 11.9. The quantitative estimate of drug-likeness (QED) is 0.785. The lowest BCUT2D eigenvalue weighted by atomic mass is 10.2. The van der Waals surface area contributed by atoms with Crippen molar-refractivity contribution in [2.24, 2.45) is 0 Å². The maximum absolute atomic E-state index is 12.5. The van der Waals surface area contributed by atoms with E-state index < -0.39 is 17.6 Å². The molecule has 2 heterocycles. The first-order valence-electron chi connectivity index (χ1n) is 7.34. The zero-order chi connectivity index (χ0) is 17.9. The minimum absolute atomic E-state index is 0.0328. The summed E-state index contributed by atoms with van der Waals surface area (Å²) in [6.07, 6.45) is -2.31. The zero-order valence-electron chi connectivity index (χ0n) is 12.9. The molecule has 0 radical (unpaired) electrons. The zero-order valence-corrected chi connectivity index (χ0v) is 12.9. The standard InChI is InChI=1S/C17H13F3N4O/c18-17(19,20)13-6-7-15(21-10-13)23-16(25)14-8-9-22-24(14)11-12-4-2-1-3-5-12/h1-10H,11H2,(H,21,23,25). The highest BCUT2D eigenvalue weighted by atomic mass is 19.4. The van der Waals surface area contributed by atoms with Crippen molar-refractivity contribution in [3.63, 3.8) is 0 Å². The fourth-order valence-electron chi connectivity index (χ4n) is 2.22. The molecule has 0 aliphatic rings. The van der Waals surface area contributed by atoms with Crippen LogP contribution in [0.2, 0.25) is 0 Å². The first-order valence-corrected chi connectivity index (χ1v) is 7.34. The van der Waals surface area contributed by atoms with E-state index in [-0.39, 0.29) is 11.5 Å². The van der Waals surface area contributed by atoms with Crippen LogP contribution in [-0.2, 0) is 12.7 Å². The summed E-state index contributed by atoms with van der Waals surface area (Å²) >= 11 is 0. The van der Waals surface area contributed by atoms with Crippen molar-refractivity contribution in [1.29, 1.82) is 0 Å². The minimum Gasteiger partial charge on any atom is -0.305 e. The van der Waals surface area contributed by atoms with Crippen LogP contribution >= 0.6 is 0 Å². The van der Waals surface area contributed by atoms with Crippen LogP contribution in [0.4, 0.5) is 19.0 Å². The molecule has 5 nitrogen and oxygen atoms in total. The van der Waals surface area contributed by atoms with E-state index in [0.717, 1.165) is 17.7 Å². The molecular weight excluding hydrogens is 333 g/mol. The van der Waals surface area contributed by atoms with E-state index in [0.29, 0.717) is 12.7 Å². The minimum atomic E-state index is -4.47. The molecule has 0 aliphatic heterocycles. The smallest absolute Gasteiger partial charge is 0.305 e. The number of nitrogens with zero attached hydrogens (tertiary/aromatic N) is 3. The number of hydrogen-bond acceptors (Lipinski definition) is 3. The third-order valence-corrected chi connectivity index (χ3v) is 3.46. The molecule has 1 N–H and O–H groups in total. The van der Waals surface area contributed by atoms with Gasteiger partial charge in [0.25, 0.3) is 5.91 Å². The summed E-state index contributed by atoms with van der Waals surface area (Å²) in [6, 6.07) is 13.0. The van der Waals surface area contributed by atoms with Crippen LogP contribution in [0.15, 0.2) is 60.9 Å². The topological polar surface area (TPSA) is 59.8 Å². The van der Waals surface area contributed by atoms with Gasteiger partial charge in [0.15, 0.2) is 0 Å². The highest BCUT2D eigenvalue weighted by Gasteiger charge is 2.30. The van der Waals surface area contributed by atoms with E-state index in [4.69, 9.17) is 0 Å². The summed E-state index contributed by atoms with van der Waals surface area (Å²) < 4.78 is 39.1. The number of halogens is 3. The lowest BCUT2D eigenvalue weighted by Gasteiger charge is -2.09. The number of carbonyl (C=O) groups is 1. The SMILES string of the molecule is O=C(Nc1ccc(C(F)(F)F)cn1)c1ccnn1Cc1ccccc1. The summed E-state index contributed by atoms with van der Waals surface area (Å²) in [5.74, 6) is -0.467. The molecule has 1 amide bonds. The van der Waals surface area contributed by atoms with Gasteiger partial charge in [-0.3, -0.25) is 9.48 Å². The van der Waals surface area contributed by atoms with Crippen LogP contribution in [-0.4, -0.2) is 20.7 Å². The second-order valence-electron chi connectivity index (χ2n) is 5.24. The van der Waals surface area contributed by atoms with Crippen molar-refractivity contribution in [3.8, 4) is 0 Å². The van der Waals surface area contributed by atoms with Gasteiger partial charge in [-0.1, -0.05) is 30.3 Å². The Bertz CT molecular complexity index is 858. The molecule has 128 valence electrons. The number of benzene rings is 1. The molecule has 0 atom stereocenters. The molecule has 0 fully saturated rings. The van der Waals surface area contributed by atoms with Gasteiger partial charge in [-0.25, -0.2) is 4.98 Å². The Hall–Kier alpha value is -3.16. The Kier molecular flexibility index (Phi) is 4.51. The predicted molar refractivity (Wildman–Crippen MR) is 85.0 cm³/mol. The van der Waals surface area contributed by atoms with Gasteiger partial charge in [0.2, 0.25) is 0 Å². The predicted octanol–water partition coefficient (Wildman–Crippen LogP) is 3.60. The molecule has 0 saturated heterocycles. The summed E-state index contributed by atoms with van der Waals surface area (Å²) in [4.78, 5) is 16.0. The van der Waals surface area contributed by atoms with Crippen LogP contribution < -0.4 is 5.32 Å².